The number of hydrogen-bond donors (Lipinski definition) is 1. The van der Waals surface area contributed by atoms with Gasteiger partial charge in [-0.05, 0) is 60.4 Å². The lowest BCUT2D eigenvalue weighted by atomic mass is 10.1. The van der Waals surface area contributed by atoms with E-state index in [1.54, 1.807) is 7.11 Å². The maximum absolute atomic E-state index is 12.9. The van der Waals surface area contributed by atoms with E-state index in [4.69, 9.17) is 14.2 Å². The van der Waals surface area contributed by atoms with E-state index >= 15 is 0 Å². The molecule has 0 aliphatic carbocycles. The lowest BCUT2D eigenvalue weighted by molar-refractivity contribution is 0.0647. The molecule has 2 aromatic heterocycles. The number of tetrazole rings is 1. The standard InChI is InChI=1S/C23H30N6O4/c1-31-18-6-7-21-16(11-18)10-17(23(30)24-21)12-28(13-19-4-2-8-32-19)15-22-25-26-27-29(22)14-20-5-3-9-33-20/h6-7,10-11,19-20H,2-5,8-9,12-15H2,1H3,(H,24,30)/t19-,20+/m0/s1. The van der Waals surface area contributed by atoms with E-state index in [-0.39, 0.29) is 17.8 Å². The Hall–Kier alpha value is -2.82. The molecule has 0 radical (unpaired) electrons. The molecule has 0 bridgehead atoms. The second kappa shape index (κ2) is 9.98. The normalized spacial score (nSPS) is 20.8. The van der Waals surface area contributed by atoms with Crippen LogP contribution in [0.1, 0.15) is 37.1 Å². The van der Waals surface area contributed by atoms with Crippen molar-refractivity contribution in [2.45, 2.75) is 57.5 Å². The van der Waals surface area contributed by atoms with Gasteiger partial charge in [-0.25, -0.2) is 4.68 Å². The van der Waals surface area contributed by atoms with Crippen LogP contribution in [0.3, 0.4) is 0 Å². The van der Waals surface area contributed by atoms with E-state index in [0.29, 0.717) is 31.7 Å². The van der Waals surface area contributed by atoms with E-state index in [9.17, 15) is 4.79 Å². The SMILES string of the molecule is COc1ccc2[nH]c(=O)c(CN(Cc3nnnn3C[C@H]3CCCO3)C[C@@H]3CCCO3)cc2c1. The summed E-state index contributed by atoms with van der Waals surface area (Å²) in [6.45, 7) is 3.92. The molecule has 0 unspecified atom stereocenters. The van der Waals surface area contributed by atoms with E-state index in [2.05, 4.69) is 25.4 Å². The van der Waals surface area contributed by atoms with Crippen molar-refractivity contribution in [2.75, 3.05) is 26.9 Å². The van der Waals surface area contributed by atoms with E-state index in [1.165, 1.54) is 0 Å². The van der Waals surface area contributed by atoms with Crippen LogP contribution in [0.15, 0.2) is 29.1 Å². The summed E-state index contributed by atoms with van der Waals surface area (Å²) < 4.78 is 18.8. The number of ether oxygens (including phenoxy) is 3. The van der Waals surface area contributed by atoms with Gasteiger partial charge in [0.1, 0.15) is 5.75 Å². The quantitative estimate of drug-likeness (QED) is 0.522. The number of fused-ring (bicyclic) bond motifs is 1. The average Bonchev–Trinajstić information content (AvgIpc) is 3.59. The molecule has 5 rings (SSSR count). The Morgan fingerprint density at radius 1 is 1.15 bits per heavy atom. The topological polar surface area (TPSA) is 107 Å². The van der Waals surface area contributed by atoms with E-state index in [0.717, 1.165) is 61.4 Å². The highest BCUT2D eigenvalue weighted by atomic mass is 16.5. The van der Waals surface area contributed by atoms with E-state index in [1.807, 2.05) is 28.9 Å². The number of nitrogens with zero attached hydrogens (tertiary/aromatic N) is 5. The van der Waals surface area contributed by atoms with Gasteiger partial charge < -0.3 is 19.2 Å². The van der Waals surface area contributed by atoms with Gasteiger partial charge in [-0.3, -0.25) is 9.69 Å². The first-order valence-corrected chi connectivity index (χ1v) is 11.6. The van der Waals surface area contributed by atoms with Gasteiger partial charge in [0.05, 0.1) is 32.4 Å². The average molecular weight is 455 g/mol. The number of pyridine rings is 1. The molecule has 2 saturated heterocycles. The van der Waals surface area contributed by atoms with Crippen LogP contribution < -0.4 is 10.3 Å². The third kappa shape index (κ3) is 5.23. The zero-order valence-corrected chi connectivity index (χ0v) is 18.9. The summed E-state index contributed by atoms with van der Waals surface area (Å²) >= 11 is 0. The van der Waals surface area contributed by atoms with E-state index < -0.39 is 0 Å². The molecule has 1 aromatic carbocycles. The summed E-state index contributed by atoms with van der Waals surface area (Å²) in [4.78, 5) is 18.0. The molecule has 0 amide bonds. The molecule has 33 heavy (non-hydrogen) atoms. The third-order valence-corrected chi connectivity index (χ3v) is 6.38. The van der Waals surface area contributed by atoms with Crippen molar-refractivity contribution >= 4 is 10.9 Å². The van der Waals surface area contributed by atoms with Gasteiger partial charge in [-0.1, -0.05) is 0 Å². The second-order valence-corrected chi connectivity index (χ2v) is 8.79. The fourth-order valence-electron chi connectivity index (χ4n) is 4.64. The lowest BCUT2D eigenvalue weighted by Gasteiger charge is -2.25. The van der Waals surface area contributed by atoms with Crippen LogP contribution in [0.4, 0.5) is 0 Å². The molecule has 2 aliphatic rings. The van der Waals surface area contributed by atoms with Crippen LogP contribution in [0.2, 0.25) is 0 Å². The molecule has 0 spiro atoms. The summed E-state index contributed by atoms with van der Waals surface area (Å²) in [5.74, 6) is 1.52. The van der Waals surface area contributed by atoms with Crippen LogP contribution in [0, 0.1) is 0 Å². The Morgan fingerprint density at radius 2 is 1.97 bits per heavy atom. The third-order valence-electron chi connectivity index (χ3n) is 6.38. The number of benzene rings is 1. The van der Waals surface area contributed by atoms with Gasteiger partial charge in [0.15, 0.2) is 5.82 Å². The van der Waals surface area contributed by atoms with Crippen molar-refractivity contribution in [1.29, 1.82) is 0 Å². The van der Waals surface area contributed by atoms with Gasteiger partial charge in [0.2, 0.25) is 0 Å². The Bertz CT molecular complexity index is 1130. The lowest BCUT2D eigenvalue weighted by Crippen LogP contribution is -2.34. The van der Waals surface area contributed by atoms with Crippen molar-refractivity contribution in [2.24, 2.45) is 0 Å². The molecule has 3 aromatic rings. The van der Waals surface area contributed by atoms with Crippen LogP contribution in [0.5, 0.6) is 5.75 Å². The second-order valence-electron chi connectivity index (χ2n) is 8.79. The molecule has 176 valence electrons. The zero-order chi connectivity index (χ0) is 22.6. The molecule has 2 atom stereocenters. The van der Waals surface area contributed by atoms with Crippen molar-refractivity contribution in [1.82, 2.24) is 30.1 Å². The van der Waals surface area contributed by atoms with Crippen LogP contribution in [0.25, 0.3) is 10.9 Å². The van der Waals surface area contributed by atoms with Gasteiger partial charge in [-0.15, -0.1) is 5.10 Å². The first-order valence-electron chi connectivity index (χ1n) is 11.6. The summed E-state index contributed by atoms with van der Waals surface area (Å²) in [5.41, 5.74) is 1.38. The molecule has 2 aliphatic heterocycles. The highest BCUT2D eigenvalue weighted by Crippen LogP contribution is 2.21. The van der Waals surface area contributed by atoms with Crippen LogP contribution in [-0.4, -0.2) is 69.2 Å². The summed E-state index contributed by atoms with van der Waals surface area (Å²) in [6, 6.07) is 7.58. The smallest absolute Gasteiger partial charge is 0.252 e. The maximum Gasteiger partial charge on any atom is 0.252 e. The largest absolute Gasteiger partial charge is 0.497 e. The fraction of sp³-hybridized carbons (Fsp3) is 0.565. The molecule has 0 saturated carbocycles. The van der Waals surface area contributed by atoms with Crippen molar-refractivity contribution < 1.29 is 14.2 Å². The molecular weight excluding hydrogens is 424 g/mol. The summed E-state index contributed by atoms with van der Waals surface area (Å²) in [7, 11) is 1.64. The Balaban J connectivity index is 1.38. The minimum absolute atomic E-state index is 0.0936. The minimum Gasteiger partial charge on any atom is -0.497 e. The van der Waals surface area contributed by atoms with Gasteiger partial charge >= 0.3 is 0 Å². The Labute approximate surface area is 191 Å². The number of aromatic amines is 1. The van der Waals surface area contributed by atoms with Gasteiger partial charge in [0, 0.05) is 42.8 Å². The molecule has 10 nitrogen and oxygen atoms in total. The number of nitrogens with one attached hydrogen (secondary N) is 1. The first-order chi connectivity index (χ1) is 16.2. The summed E-state index contributed by atoms with van der Waals surface area (Å²) in [6.07, 6.45) is 4.47. The van der Waals surface area contributed by atoms with Crippen molar-refractivity contribution in [3.8, 4) is 5.75 Å². The number of rotatable bonds is 9. The van der Waals surface area contributed by atoms with Crippen molar-refractivity contribution in [3.05, 3.63) is 46.0 Å². The van der Waals surface area contributed by atoms with Crippen LogP contribution in [-0.2, 0) is 29.1 Å². The Morgan fingerprint density at radius 3 is 2.73 bits per heavy atom. The fourth-order valence-corrected chi connectivity index (χ4v) is 4.64. The van der Waals surface area contributed by atoms with Crippen molar-refractivity contribution in [3.63, 3.8) is 0 Å². The number of aromatic nitrogens is 5. The molecule has 2 fully saturated rings. The molecule has 10 heteroatoms. The zero-order valence-electron chi connectivity index (χ0n) is 18.9. The molecule has 4 heterocycles. The van der Waals surface area contributed by atoms with Gasteiger partial charge in [-0.2, -0.15) is 0 Å². The van der Waals surface area contributed by atoms with Crippen LogP contribution >= 0.6 is 0 Å². The predicted molar refractivity (Wildman–Crippen MR) is 121 cm³/mol. The highest BCUT2D eigenvalue weighted by molar-refractivity contribution is 5.80. The molecule has 1 N–H and O–H groups in total. The monoisotopic (exact) mass is 454 g/mol. The number of methoxy groups -OCH3 is 1. The maximum atomic E-state index is 12.9. The predicted octanol–water partition coefficient (Wildman–Crippen LogP) is 1.88. The first kappa shape index (κ1) is 22.0. The molecular formula is C23H30N6O4. The minimum atomic E-state index is -0.0936. The summed E-state index contributed by atoms with van der Waals surface area (Å²) in [5, 5.41) is 13.3. The van der Waals surface area contributed by atoms with Gasteiger partial charge in [0.25, 0.3) is 5.56 Å². The number of H-pyrrole nitrogens is 1. The Kier molecular flexibility index (Phi) is 6.65. The highest BCUT2D eigenvalue weighted by Gasteiger charge is 2.24. The number of hydrogen-bond acceptors (Lipinski definition) is 8.